The highest BCUT2D eigenvalue weighted by molar-refractivity contribution is 6.31. The predicted molar refractivity (Wildman–Crippen MR) is 88.8 cm³/mol. The molecule has 3 aromatic rings. The molecule has 0 atom stereocenters. The van der Waals surface area contributed by atoms with Crippen molar-refractivity contribution in [2.24, 2.45) is 0 Å². The van der Waals surface area contributed by atoms with E-state index in [0.29, 0.717) is 22.8 Å². The number of ether oxygens (including phenoxy) is 2. The van der Waals surface area contributed by atoms with E-state index in [0.717, 1.165) is 16.8 Å². The number of methoxy groups -OCH3 is 2. The Morgan fingerprint density at radius 3 is 2.52 bits per heavy atom. The van der Waals surface area contributed by atoms with Crippen molar-refractivity contribution in [3.05, 3.63) is 45.0 Å². The van der Waals surface area contributed by atoms with Crippen LogP contribution in [0.5, 0.6) is 11.5 Å². The van der Waals surface area contributed by atoms with E-state index in [2.05, 4.69) is 10.1 Å². The summed E-state index contributed by atoms with van der Waals surface area (Å²) in [5.74, 6) is 1.25. The van der Waals surface area contributed by atoms with Crippen LogP contribution in [0.15, 0.2) is 23.0 Å². The van der Waals surface area contributed by atoms with Crippen molar-refractivity contribution < 1.29 is 9.47 Å². The molecule has 3 rings (SSSR count). The molecule has 0 amide bonds. The van der Waals surface area contributed by atoms with Gasteiger partial charge in [-0.2, -0.15) is 4.52 Å². The Morgan fingerprint density at radius 2 is 1.87 bits per heavy atom. The Balaban J connectivity index is 2.33. The summed E-state index contributed by atoms with van der Waals surface area (Å²) < 4.78 is 12.0. The number of rotatable bonds is 3. The molecule has 2 aromatic heterocycles. The molecule has 120 valence electrons. The second-order valence-electron chi connectivity index (χ2n) is 5.16. The largest absolute Gasteiger partial charge is 0.493 e. The molecule has 0 saturated carbocycles. The van der Waals surface area contributed by atoms with Crippen LogP contribution in [0.1, 0.15) is 11.4 Å². The van der Waals surface area contributed by atoms with Crippen LogP contribution in [0.2, 0.25) is 5.02 Å². The summed E-state index contributed by atoms with van der Waals surface area (Å²) in [4.78, 5) is 16.7. The first-order chi connectivity index (χ1) is 11.0. The fourth-order valence-electron chi connectivity index (χ4n) is 2.61. The van der Waals surface area contributed by atoms with Gasteiger partial charge in [-0.15, -0.1) is 0 Å². The maximum atomic E-state index is 12.3. The normalized spacial score (nSPS) is 11.0. The van der Waals surface area contributed by atoms with E-state index in [4.69, 9.17) is 21.1 Å². The van der Waals surface area contributed by atoms with Gasteiger partial charge in [-0.3, -0.25) is 9.89 Å². The van der Waals surface area contributed by atoms with Crippen molar-refractivity contribution in [1.82, 2.24) is 14.6 Å². The van der Waals surface area contributed by atoms with Gasteiger partial charge < -0.3 is 9.47 Å². The van der Waals surface area contributed by atoms with E-state index in [1.165, 1.54) is 4.52 Å². The van der Waals surface area contributed by atoms with Crippen molar-refractivity contribution in [3.63, 3.8) is 0 Å². The van der Waals surface area contributed by atoms with Crippen molar-refractivity contribution in [1.29, 1.82) is 0 Å². The maximum absolute atomic E-state index is 12.3. The molecule has 1 N–H and O–H groups in total. The van der Waals surface area contributed by atoms with Gasteiger partial charge >= 0.3 is 0 Å². The minimum absolute atomic E-state index is 0.114. The maximum Gasteiger partial charge on any atom is 0.291 e. The molecule has 2 heterocycles. The van der Waals surface area contributed by atoms with E-state index in [1.807, 2.05) is 25.1 Å². The van der Waals surface area contributed by atoms with Gasteiger partial charge in [-0.1, -0.05) is 17.7 Å². The number of aryl methyl sites for hydroxylation is 2. The molecule has 0 radical (unpaired) electrons. The number of aromatic nitrogens is 3. The van der Waals surface area contributed by atoms with Gasteiger partial charge in [0.2, 0.25) is 0 Å². The zero-order valence-corrected chi connectivity index (χ0v) is 14.0. The minimum Gasteiger partial charge on any atom is -0.493 e. The second-order valence-corrected chi connectivity index (χ2v) is 5.53. The fraction of sp³-hybridized carbons (Fsp3) is 0.250. The van der Waals surface area contributed by atoms with Crippen LogP contribution < -0.4 is 15.0 Å². The standard InChI is InChI=1S/C16H16ClN3O3/c1-8-13(10-5-6-11(22-3)12(7-10)23-4)15-18-9(2)14(17)16(21)20(15)19-8/h5-7,19H,1-4H3. The van der Waals surface area contributed by atoms with E-state index >= 15 is 0 Å². The van der Waals surface area contributed by atoms with Gasteiger partial charge in [0.1, 0.15) is 5.02 Å². The molecule has 0 bridgehead atoms. The number of nitrogens with one attached hydrogen (secondary N) is 1. The molecule has 6 nitrogen and oxygen atoms in total. The molecular weight excluding hydrogens is 318 g/mol. The molecule has 0 saturated heterocycles. The summed E-state index contributed by atoms with van der Waals surface area (Å²) in [6.45, 7) is 3.59. The van der Waals surface area contributed by atoms with Gasteiger partial charge in [-0.25, -0.2) is 4.98 Å². The lowest BCUT2D eigenvalue weighted by molar-refractivity contribution is 0.355. The van der Waals surface area contributed by atoms with Gasteiger partial charge in [0.15, 0.2) is 17.1 Å². The zero-order valence-electron chi connectivity index (χ0n) is 13.2. The van der Waals surface area contributed by atoms with Crippen LogP contribution >= 0.6 is 11.6 Å². The summed E-state index contributed by atoms with van der Waals surface area (Å²) in [6, 6.07) is 5.57. The number of hydrogen-bond acceptors (Lipinski definition) is 4. The lowest BCUT2D eigenvalue weighted by Crippen LogP contribution is -2.17. The monoisotopic (exact) mass is 333 g/mol. The molecule has 0 aliphatic rings. The number of fused-ring (bicyclic) bond motifs is 1. The predicted octanol–water partition coefficient (Wildman–Crippen LogP) is 2.98. The van der Waals surface area contributed by atoms with E-state index in [1.54, 1.807) is 21.1 Å². The smallest absolute Gasteiger partial charge is 0.291 e. The Hall–Kier alpha value is -2.47. The summed E-state index contributed by atoms with van der Waals surface area (Å²) in [7, 11) is 3.16. The van der Waals surface area contributed by atoms with Gasteiger partial charge in [-0.05, 0) is 31.5 Å². The average molecular weight is 334 g/mol. The molecule has 0 fully saturated rings. The number of hydrogen-bond donors (Lipinski definition) is 1. The summed E-state index contributed by atoms with van der Waals surface area (Å²) in [6.07, 6.45) is 0. The highest BCUT2D eigenvalue weighted by Crippen LogP contribution is 2.35. The topological polar surface area (TPSA) is 68.6 Å². The molecule has 1 aromatic carbocycles. The van der Waals surface area contributed by atoms with Crippen LogP contribution in [0.25, 0.3) is 16.8 Å². The summed E-state index contributed by atoms with van der Waals surface area (Å²) in [5.41, 5.74) is 3.21. The number of halogens is 1. The number of benzene rings is 1. The Morgan fingerprint density at radius 1 is 1.17 bits per heavy atom. The average Bonchev–Trinajstić information content (AvgIpc) is 2.88. The van der Waals surface area contributed by atoms with Crippen LogP contribution in [0.4, 0.5) is 0 Å². The van der Waals surface area contributed by atoms with Crippen LogP contribution in [-0.4, -0.2) is 28.8 Å². The lowest BCUT2D eigenvalue weighted by atomic mass is 10.1. The van der Waals surface area contributed by atoms with Crippen molar-refractivity contribution in [2.45, 2.75) is 13.8 Å². The Kier molecular flexibility index (Phi) is 3.77. The highest BCUT2D eigenvalue weighted by atomic mass is 35.5. The quantitative estimate of drug-likeness (QED) is 0.800. The summed E-state index contributed by atoms with van der Waals surface area (Å²) in [5, 5.41) is 3.13. The zero-order chi connectivity index (χ0) is 16.7. The van der Waals surface area contributed by atoms with Gasteiger partial charge in [0.05, 0.1) is 19.9 Å². The Labute approximate surface area is 137 Å². The Bertz CT molecular complexity index is 959. The first kappa shape index (κ1) is 15.4. The molecule has 0 spiro atoms. The van der Waals surface area contributed by atoms with E-state index in [-0.39, 0.29) is 10.6 Å². The third-order valence-corrected chi connectivity index (χ3v) is 4.18. The molecule has 23 heavy (non-hydrogen) atoms. The SMILES string of the molecule is COc1ccc(-c2c(C)[nH]n3c(=O)c(Cl)c(C)nc23)cc1OC. The van der Waals surface area contributed by atoms with Crippen molar-refractivity contribution in [2.75, 3.05) is 14.2 Å². The molecular formula is C16H16ClN3O3. The van der Waals surface area contributed by atoms with Gasteiger partial charge in [0.25, 0.3) is 5.56 Å². The van der Waals surface area contributed by atoms with Crippen LogP contribution in [0, 0.1) is 13.8 Å². The van der Waals surface area contributed by atoms with Crippen molar-refractivity contribution >= 4 is 17.2 Å². The van der Waals surface area contributed by atoms with E-state index in [9.17, 15) is 4.79 Å². The molecule has 7 heteroatoms. The summed E-state index contributed by atoms with van der Waals surface area (Å²) >= 11 is 6.00. The van der Waals surface area contributed by atoms with Crippen LogP contribution in [-0.2, 0) is 0 Å². The third-order valence-electron chi connectivity index (χ3n) is 3.74. The van der Waals surface area contributed by atoms with Crippen molar-refractivity contribution in [3.8, 4) is 22.6 Å². The molecule has 0 aliphatic carbocycles. The molecule has 0 aliphatic heterocycles. The lowest BCUT2D eigenvalue weighted by Gasteiger charge is -2.09. The first-order valence-electron chi connectivity index (χ1n) is 6.97. The number of nitrogens with zero attached hydrogens (tertiary/aromatic N) is 2. The van der Waals surface area contributed by atoms with Gasteiger partial charge in [0, 0.05) is 11.3 Å². The highest BCUT2D eigenvalue weighted by Gasteiger charge is 2.18. The third kappa shape index (κ3) is 2.35. The minimum atomic E-state index is -0.316. The number of aromatic amines is 1. The number of H-pyrrole nitrogens is 1. The van der Waals surface area contributed by atoms with Crippen LogP contribution in [0.3, 0.4) is 0 Å². The first-order valence-corrected chi connectivity index (χ1v) is 7.35. The fourth-order valence-corrected chi connectivity index (χ4v) is 2.73. The molecule has 0 unspecified atom stereocenters. The van der Waals surface area contributed by atoms with E-state index < -0.39 is 0 Å². The second kappa shape index (κ2) is 5.62.